The number of aromatic hydroxyl groups is 1. The third kappa shape index (κ3) is 3.89. The highest BCUT2D eigenvalue weighted by Crippen LogP contribution is 2.27. The van der Waals surface area contributed by atoms with Crippen molar-refractivity contribution in [3.8, 4) is 5.75 Å². The van der Waals surface area contributed by atoms with Gasteiger partial charge in [-0.2, -0.15) is 0 Å². The van der Waals surface area contributed by atoms with Gasteiger partial charge in [0.05, 0.1) is 0 Å². The van der Waals surface area contributed by atoms with E-state index in [1.807, 2.05) is 13.0 Å². The minimum atomic E-state index is 0.392. The molecule has 3 nitrogen and oxygen atoms in total. The molecule has 20 heavy (non-hydrogen) atoms. The van der Waals surface area contributed by atoms with Crippen LogP contribution in [0.2, 0.25) is 0 Å². The van der Waals surface area contributed by atoms with Crippen LogP contribution in [0.5, 0.6) is 5.75 Å². The smallest absolute Gasteiger partial charge is 0.118 e. The summed E-state index contributed by atoms with van der Waals surface area (Å²) in [6.45, 7) is 9.92. The Morgan fingerprint density at radius 2 is 2.00 bits per heavy atom. The van der Waals surface area contributed by atoms with E-state index in [0.717, 1.165) is 11.1 Å². The molecule has 1 aliphatic rings. The number of rotatable bonds is 4. The van der Waals surface area contributed by atoms with Gasteiger partial charge in [-0.3, -0.25) is 0 Å². The van der Waals surface area contributed by atoms with Gasteiger partial charge in [0, 0.05) is 18.3 Å². The van der Waals surface area contributed by atoms with Gasteiger partial charge in [0.25, 0.3) is 0 Å². The molecule has 112 valence electrons. The van der Waals surface area contributed by atoms with Gasteiger partial charge in [-0.25, -0.2) is 0 Å². The van der Waals surface area contributed by atoms with E-state index >= 15 is 0 Å². The number of hydrogen-bond acceptors (Lipinski definition) is 3. The minimum Gasteiger partial charge on any atom is -0.508 e. The average Bonchev–Trinajstić information content (AvgIpc) is 2.62. The van der Waals surface area contributed by atoms with Gasteiger partial charge in [-0.05, 0) is 75.9 Å². The zero-order chi connectivity index (χ0) is 14.5. The SMILES string of the molecule is CCCN1CCCC(Nc2cc(C)c(O)cc2C)CC1. The molecule has 0 bridgehead atoms. The van der Waals surface area contributed by atoms with E-state index in [2.05, 4.69) is 30.1 Å². The molecule has 1 aliphatic heterocycles. The van der Waals surface area contributed by atoms with Crippen molar-refractivity contribution in [2.24, 2.45) is 0 Å². The maximum absolute atomic E-state index is 9.73. The lowest BCUT2D eigenvalue weighted by Gasteiger charge is -2.21. The van der Waals surface area contributed by atoms with Crippen molar-refractivity contribution in [2.75, 3.05) is 25.0 Å². The summed E-state index contributed by atoms with van der Waals surface area (Å²) in [6, 6.07) is 4.48. The summed E-state index contributed by atoms with van der Waals surface area (Å²) in [5, 5.41) is 13.4. The maximum atomic E-state index is 9.73. The molecule has 1 saturated heterocycles. The Bertz CT molecular complexity index is 445. The number of anilines is 1. The van der Waals surface area contributed by atoms with Crippen molar-refractivity contribution >= 4 is 5.69 Å². The van der Waals surface area contributed by atoms with Gasteiger partial charge in [0.1, 0.15) is 5.75 Å². The summed E-state index contributed by atoms with van der Waals surface area (Å²) in [5.41, 5.74) is 3.25. The van der Waals surface area contributed by atoms with Crippen molar-refractivity contribution in [1.82, 2.24) is 4.90 Å². The van der Waals surface area contributed by atoms with Crippen LogP contribution in [-0.4, -0.2) is 35.7 Å². The van der Waals surface area contributed by atoms with Crippen LogP contribution in [-0.2, 0) is 0 Å². The van der Waals surface area contributed by atoms with E-state index < -0.39 is 0 Å². The van der Waals surface area contributed by atoms with Crippen LogP contribution in [0.25, 0.3) is 0 Å². The van der Waals surface area contributed by atoms with Gasteiger partial charge in [-0.15, -0.1) is 0 Å². The van der Waals surface area contributed by atoms with Gasteiger partial charge >= 0.3 is 0 Å². The van der Waals surface area contributed by atoms with E-state index in [1.165, 1.54) is 51.0 Å². The Morgan fingerprint density at radius 1 is 1.20 bits per heavy atom. The number of phenolic OH excluding ortho intramolecular Hbond substituents is 1. The lowest BCUT2D eigenvalue weighted by molar-refractivity contribution is 0.285. The molecule has 1 heterocycles. The van der Waals surface area contributed by atoms with Crippen molar-refractivity contribution < 1.29 is 5.11 Å². The number of hydrogen-bond donors (Lipinski definition) is 2. The molecule has 0 spiro atoms. The van der Waals surface area contributed by atoms with Gasteiger partial charge in [0.2, 0.25) is 0 Å². The standard InChI is InChI=1S/C17H28N2O/c1-4-8-19-9-5-6-15(7-10-19)18-16-11-14(3)17(20)12-13(16)2/h11-12,15,18,20H,4-10H2,1-3H3. The maximum Gasteiger partial charge on any atom is 0.118 e. The van der Waals surface area contributed by atoms with E-state index in [9.17, 15) is 5.11 Å². The first-order valence-corrected chi connectivity index (χ1v) is 7.89. The van der Waals surface area contributed by atoms with Crippen molar-refractivity contribution in [3.63, 3.8) is 0 Å². The fourth-order valence-corrected chi connectivity index (χ4v) is 3.02. The number of nitrogens with one attached hydrogen (secondary N) is 1. The van der Waals surface area contributed by atoms with Crippen molar-refractivity contribution in [2.45, 2.75) is 52.5 Å². The van der Waals surface area contributed by atoms with Crippen LogP contribution in [0.15, 0.2) is 12.1 Å². The van der Waals surface area contributed by atoms with Crippen LogP contribution < -0.4 is 5.32 Å². The molecule has 3 heteroatoms. The monoisotopic (exact) mass is 276 g/mol. The zero-order valence-corrected chi connectivity index (χ0v) is 13.1. The minimum absolute atomic E-state index is 0.392. The Morgan fingerprint density at radius 3 is 2.75 bits per heavy atom. The average molecular weight is 276 g/mol. The summed E-state index contributed by atoms with van der Waals surface area (Å²) < 4.78 is 0. The van der Waals surface area contributed by atoms with Crippen molar-refractivity contribution in [1.29, 1.82) is 0 Å². The van der Waals surface area contributed by atoms with Gasteiger partial charge < -0.3 is 15.3 Å². The number of nitrogens with zero attached hydrogens (tertiary/aromatic N) is 1. The zero-order valence-electron chi connectivity index (χ0n) is 13.1. The second-order valence-corrected chi connectivity index (χ2v) is 6.07. The highest BCUT2D eigenvalue weighted by molar-refractivity contribution is 5.57. The van der Waals surface area contributed by atoms with Crippen LogP contribution in [0, 0.1) is 13.8 Å². The van der Waals surface area contributed by atoms with Gasteiger partial charge in [-0.1, -0.05) is 6.92 Å². The Hall–Kier alpha value is -1.22. The summed E-state index contributed by atoms with van der Waals surface area (Å²) in [7, 11) is 0. The topological polar surface area (TPSA) is 35.5 Å². The van der Waals surface area contributed by atoms with E-state index in [0.29, 0.717) is 11.8 Å². The van der Waals surface area contributed by atoms with Crippen LogP contribution in [0.1, 0.15) is 43.7 Å². The molecule has 1 aromatic rings. The molecule has 1 atom stereocenters. The molecule has 1 aromatic carbocycles. The highest BCUT2D eigenvalue weighted by Gasteiger charge is 2.17. The third-order valence-corrected chi connectivity index (χ3v) is 4.26. The molecule has 2 N–H and O–H groups in total. The lowest BCUT2D eigenvalue weighted by atomic mass is 10.1. The van der Waals surface area contributed by atoms with Crippen LogP contribution in [0.4, 0.5) is 5.69 Å². The predicted molar refractivity (Wildman–Crippen MR) is 85.6 cm³/mol. The van der Waals surface area contributed by atoms with Gasteiger partial charge in [0.15, 0.2) is 0 Å². The third-order valence-electron chi connectivity index (χ3n) is 4.26. The molecule has 0 saturated carbocycles. The molecule has 1 fully saturated rings. The van der Waals surface area contributed by atoms with Crippen LogP contribution >= 0.6 is 0 Å². The summed E-state index contributed by atoms with van der Waals surface area (Å²) in [4.78, 5) is 2.58. The second-order valence-electron chi connectivity index (χ2n) is 6.07. The quantitative estimate of drug-likeness (QED) is 0.823. The van der Waals surface area contributed by atoms with E-state index in [4.69, 9.17) is 0 Å². The van der Waals surface area contributed by atoms with Crippen LogP contribution in [0.3, 0.4) is 0 Å². The summed E-state index contributed by atoms with van der Waals surface area (Å²) in [6.07, 6.45) is 4.96. The summed E-state index contributed by atoms with van der Waals surface area (Å²) in [5.74, 6) is 0.392. The van der Waals surface area contributed by atoms with E-state index in [-0.39, 0.29) is 0 Å². The largest absolute Gasteiger partial charge is 0.508 e. The fourth-order valence-electron chi connectivity index (χ4n) is 3.02. The number of benzene rings is 1. The Balaban J connectivity index is 1.98. The first-order valence-electron chi connectivity index (χ1n) is 7.89. The molecule has 0 radical (unpaired) electrons. The summed E-state index contributed by atoms with van der Waals surface area (Å²) >= 11 is 0. The van der Waals surface area contributed by atoms with E-state index in [1.54, 1.807) is 0 Å². The molecule has 0 aromatic heterocycles. The number of phenols is 1. The first kappa shape index (κ1) is 15.2. The molecular formula is C17H28N2O. The lowest BCUT2D eigenvalue weighted by Crippen LogP contribution is -2.27. The number of aryl methyl sites for hydroxylation is 2. The Kier molecular flexibility index (Phi) is 5.30. The second kappa shape index (κ2) is 6.98. The molecule has 2 rings (SSSR count). The Labute approximate surface area is 123 Å². The molecule has 0 aliphatic carbocycles. The number of likely N-dealkylation sites (tertiary alicyclic amines) is 1. The highest BCUT2D eigenvalue weighted by atomic mass is 16.3. The van der Waals surface area contributed by atoms with Crippen molar-refractivity contribution in [3.05, 3.63) is 23.3 Å². The fraction of sp³-hybridized carbons (Fsp3) is 0.647. The molecular weight excluding hydrogens is 248 g/mol. The molecule has 1 unspecified atom stereocenters. The first-order chi connectivity index (χ1) is 9.60. The molecule has 0 amide bonds. The normalized spacial score (nSPS) is 20.6. The predicted octanol–water partition coefficient (Wildman–Crippen LogP) is 3.69.